The molecular weight excluding hydrogens is 224 g/mol. The van der Waals surface area contributed by atoms with Crippen LogP contribution in [0.2, 0.25) is 0 Å². The van der Waals surface area contributed by atoms with Gasteiger partial charge in [0.1, 0.15) is 0 Å². The van der Waals surface area contributed by atoms with Crippen molar-refractivity contribution in [3.8, 4) is 5.75 Å². The van der Waals surface area contributed by atoms with Gasteiger partial charge in [-0.15, -0.1) is 0 Å². The van der Waals surface area contributed by atoms with Crippen molar-refractivity contribution in [3.63, 3.8) is 0 Å². The van der Waals surface area contributed by atoms with Crippen molar-refractivity contribution in [3.05, 3.63) is 41.2 Å². The van der Waals surface area contributed by atoms with Crippen LogP contribution in [0.5, 0.6) is 5.75 Å². The molecule has 0 unspecified atom stereocenters. The Labute approximate surface area is 108 Å². The number of furan rings is 1. The van der Waals surface area contributed by atoms with Crippen molar-refractivity contribution >= 4 is 11.0 Å². The Balaban J connectivity index is 2.53. The van der Waals surface area contributed by atoms with Gasteiger partial charge in [0, 0.05) is 10.9 Å². The summed E-state index contributed by atoms with van der Waals surface area (Å²) in [6.45, 7) is 6.24. The molecule has 0 atom stereocenters. The van der Waals surface area contributed by atoms with Crippen molar-refractivity contribution in [2.75, 3.05) is 7.11 Å². The summed E-state index contributed by atoms with van der Waals surface area (Å²) < 4.78 is 11.2. The average Bonchev–Trinajstić information content (AvgIpc) is 2.72. The standard InChI is InChI=1S/C16H20O2/c1-5-6-7-8-13-11(2)9-14-12(3)10-18-16(14)15(13)17-4/h5-6,9-10H,7-8H2,1-4H3. The van der Waals surface area contributed by atoms with Gasteiger partial charge in [-0.25, -0.2) is 0 Å². The summed E-state index contributed by atoms with van der Waals surface area (Å²) in [5.74, 6) is 0.891. The fraction of sp³-hybridized carbons (Fsp3) is 0.375. The lowest BCUT2D eigenvalue weighted by molar-refractivity contribution is 0.405. The van der Waals surface area contributed by atoms with Crippen LogP contribution in [0.4, 0.5) is 0 Å². The van der Waals surface area contributed by atoms with Crippen LogP contribution in [0.25, 0.3) is 11.0 Å². The third kappa shape index (κ3) is 2.15. The van der Waals surface area contributed by atoms with Crippen LogP contribution in [0.15, 0.2) is 28.9 Å². The number of ether oxygens (including phenoxy) is 1. The Kier molecular flexibility index (Phi) is 3.75. The van der Waals surface area contributed by atoms with E-state index in [-0.39, 0.29) is 0 Å². The molecule has 2 nitrogen and oxygen atoms in total. The van der Waals surface area contributed by atoms with Gasteiger partial charge in [-0.05, 0) is 50.8 Å². The minimum Gasteiger partial charge on any atom is -0.493 e. The van der Waals surface area contributed by atoms with E-state index in [1.807, 2.05) is 6.92 Å². The van der Waals surface area contributed by atoms with E-state index in [0.29, 0.717) is 0 Å². The lowest BCUT2D eigenvalue weighted by Crippen LogP contribution is -1.96. The molecule has 2 aromatic rings. The molecule has 2 heteroatoms. The van der Waals surface area contributed by atoms with Gasteiger partial charge in [0.05, 0.1) is 13.4 Å². The van der Waals surface area contributed by atoms with Crippen LogP contribution in [-0.4, -0.2) is 7.11 Å². The normalized spacial score (nSPS) is 11.6. The Morgan fingerprint density at radius 3 is 2.72 bits per heavy atom. The monoisotopic (exact) mass is 244 g/mol. The zero-order valence-electron chi connectivity index (χ0n) is 11.5. The first-order valence-electron chi connectivity index (χ1n) is 6.34. The highest BCUT2D eigenvalue weighted by Crippen LogP contribution is 2.35. The van der Waals surface area contributed by atoms with Gasteiger partial charge in [-0.1, -0.05) is 12.2 Å². The largest absolute Gasteiger partial charge is 0.493 e. The number of aryl methyl sites for hydroxylation is 2. The predicted octanol–water partition coefficient (Wildman–Crippen LogP) is 4.57. The van der Waals surface area contributed by atoms with E-state index in [1.54, 1.807) is 13.4 Å². The number of hydrogen-bond acceptors (Lipinski definition) is 2. The molecule has 1 heterocycles. The van der Waals surface area contributed by atoms with Crippen LogP contribution in [0.3, 0.4) is 0 Å². The maximum absolute atomic E-state index is 5.63. The van der Waals surface area contributed by atoms with E-state index in [0.717, 1.165) is 35.1 Å². The zero-order valence-corrected chi connectivity index (χ0v) is 11.5. The molecule has 0 saturated carbocycles. The predicted molar refractivity (Wildman–Crippen MR) is 75.4 cm³/mol. The first-order chi connectivity index (χ1) is 8.69. The Morgan fingerprint density at radius 1 is 1.28 bits per heavy atom. The van der Waals surface area contributed by atoms with Crippen LogP contribution >= 0.6 is 0 Å². The van der Waals surface area contributed by atoms with Crippen LogP contribution in [0.1, 0.15) is 30.0 Å². The van der Waals surface area contributed by atoms with Crippen molar-refractivity contribution in [2.24, 2.45) is 0 Å². The van der Waals surface area contributed by atoms with Crippen molar-refractivity contribution in [1.82, 2.24) is 0 Å². The second kappa shape index (κ2) is 5.30. The van der Waals surface area contributed by atoms with Gasteiger partial charge in [-0.3, -0.25) is 0 Å². The maximum atomic E-state index is 5.63. The molecule has 0 bridgehead atoms. The maximum Gasteiger partial charge on any atom is 0.176 e. The van der Waals surface area contributed by atoms with Crippen LogP contribution < -0.4 is 4.74 Å². The van der Waals surface area contributed by atoms with E-state index >= 15 is 0 Å². The molecule has 0 fully saturated rings. The Bertz CT molecular complexity index is 576. The topological polar surface area (TPSA) is 22.4 Å². The molecule has 0 aliphatic carbocycles. The fourth-order valence-electron chi connectivity index (χ4n) is 2.35. The lowest BCUT2D eigenvalue weighted by Gasteiger charge is -2.11. The second-order valence-corrected chi connectivity index (χ2v) is 4.61. The molecule has 0 amide bonds. The van der Waals surface area contributed by atoms with Gasteiger partial charge in [0.2, 0.25) is 0 Å². The van der Waals surface area contributed by atoms with Crippen molar-refractivity contribution < 1.29 is 9.15 Å². The number of benzene rings is 1. The van der Waals surface area contributed by atoms with Gasteiger partial charge >= 0.3 is 0 Å². The SMILES string of the molecule is CC=CCCc1c(C)cc2c(C)coc2c1OC. The van der Waals surface area contributed by atoms with Crippen LogP contribution in [-0.2, 0) is 6.42 Å². The number of hydrogen-bond donors (Lipinski definition) is 0. The molecule has 0 radical (unpaired) electrons. The minimum atomic E-state index is 0.871. The van der Waals surface area contributed by atoms with E-state index < -0.39 is 0 Å². The summed E-state index contributed by atoms with van der Waals surface area (Å²) in [6, 6.07) is 2.20. The van der Waals surface area contributed by atoms with Gasteiger partial charge in [0.15, 0.2) is 11.3 Å². The smallest absolute Gasteiger partial charge is 0.176 e. The van der Waals surface area contributed by atoms with E-state index in [1.165, 1.54) is 11.1 Å². The lowest BCUT2D eigenvalue weighted by atomic mass is 9.99. The molecule has 0 saturated heterocycles. The molecule has 1 aromatic carbocycles. The highest BCUT2D eigenvalue weighted by atomic mass is 16.5. The molecule has 96 valence electrons. The number of methoxy groups -OCH3 is 1. The zero-order chi connectivity index (χ0) is 13.1. The minimum absolute atomic E-state index is 0.871. The van der Waals surface area contributed by atoms with Crippen LogP contribution in [0, 0.1) is 13.8 Å². The first-order valence-corrected chi connectivity index (χ1v) is 6.34. The fourth-order valence-corrected chi connectivity index (χ4v) is 2.35. The molecule has 18 heavy (non-hydrogen) atoms. The number of allylic oxidation sites excluding steroid dienone is 2. The second-order valence-electron chi connectivity index (χ2n) is 4.61. The summed E-state index contributed by atoms with van der Waals surface area (Å²) in [5.41, 5.74) is 4.55. The Hall–Kier alpha value is -1.70. The third-order valence-electron chi connectivity index (χ3n) is 3.34. The quantitative estimate of drug-likeness (QED) is 0.735. The molecule has 0 N–H and O–H groups in total. The first kappa shape index (κ1) is 12.7. The molecule has 2 rings (SSSR count). The van der Waals surface area contributed by atoms with Crippen molar-refractivity contribution in [2.45, 2.75) is 33.6 Å². The highest BCUT2D eigenvalue weighted by molar-refractivity contribution is 5.88. The highest BCUT2D eigenvalue weighted by Gasteiger charge is 2.15. The van der Waals surface area contributed by atoms with E-state index in [9.17, 15) is 0 Å². The molecule has 1 aromatic heterocycles. The molecule has 0 aliphatic heterocycles. The summed E-state index contributed by atoms with van der Waals surface area (Å²) in [7, 11) is 1.71. The Morgan fingerprint density at radius 2 is 2.06 bits per heavy atom. The molecule has 0 spiro atoms. The van der Waals surface area contributed by atoms with Crippen molar-refractivity contribution in [1.29, 1.82) is 0 Å². The average molecular weight is 244 g/mol. The summed E-state index contributed by atoms with van der Waals surface area (Å²) in [5, 5.41) is 1.15. The van der Waals surface area contributed by atoms with Gasteiger partial charge in [0.25, 0.3) is 0 Å². The number of fused-ring (bicyclic) bond motifs is 1. The van der Waals surface area contributed by atoms with Gasteiger partial charge in [-0.2, -0.15) is 0 Å². The summed E-state index contributed by atoms with van der Waals surface area (Å²) in [4.78, 5) is 0. The number of rotatable bonds is 4. The summed E-state index contributed by atoms with van der Waals surface area (Å²) >= 11 is 0. The molecular formula is C16H20O2. The van der Waals surface area contributed by atoms with E-state index in [2.05, 4.69) is 32.1 Å². The third-order valence-corrected chi connectivity index (χ3v) is 3.34. The van der Waals surface area contributed by atoms with E-state index in [4.69, 9.17) is 9.15 Å². The van der Waals surface area contributed by atoms with Gasteiger partial charge < -0.3 is 9.15 Å². The molecule has 0 aliphatic rings. The summed E-state index contributed by atoms with van der Waals surface area (Å²) in [6.07, 6.45) is 8.06.